The fraction of sp³-hybridized carbons (Fsp3) is 0.438. The molecule has 0 unspecified atom stereocenters. The second-order valence-electron chi connectivity index (χ2n) is 10.0. The van der Waals surface area contributed by atoms with Gasteiger partial charge in [-0.05, 0) is 49.4 Å². The van der Waals surface area contributed by atoms with E-state index in [0.717, 1.165) is 29.7 Å². The van der Waals surface area contributed by atoms with Crippen LogP contribution in [-0.2, 0) is 19.1 Å². The van der Waals surface area contributed by atoms with Crippen molar-refractivity contribution < 1.29 is 33.3 Å². The Labute approximate surface area is 236 Å². The normalized spacial score (nSPS) is 18.7. The molecule has 0 amide bonds. The summed E-state index contributed by atoms with van der Waals surface area (Å²) in [6.07, 6.45) is 2.81. The molecule has 0 spiro atoms. The van der Waals surface area contributed by atoms with Crippen molar-refractivity contribution in [3.8, 4) is 17.2 Å². The minimum absolute atomic E-state index is 0.0170. The molecule has 0 saturated heterocycles. The average Bonchev–Trinajstić information content (AvgIpc) is 2.96. The van der Waals surface area contributed by atoms with Crippen LogP contribution in [0.15, 0.2) is 65.0 Å². The van der Waals surface area contributed by atoms with Crippen LogP contribution in [0.25, 0.3) is 0 Å². The number of esters is 1. The van der Waals surface area contributed by atoms with Gasteiger partial charge in [0.05, 0.1) is 38.9 Å². The number of carbonyl (C=O) groups is 2. The SMILES string of the molecule is CCCCOc1ccccc1[C@@H]1C(C(=O)OCCOC)=C(C)NC2=C1C(=O)C[C@H](c1ccc(OC)c(OC)c1)C2. The smallest absolute Gasteiger partial charge is 0.336 e. The molecule has 0 bridgehead atoms. The molecule has 2 aliphatic rings. The van der Waals surface area contributed by atoms with Crippen LogP contribution in [0.5, 0.6) is 17.2 Å². The third-order valence-electron chi connectivity index (χ3n) is 7.43. The molecule has 1 N–H and O–H groups in total. The van der Waals surface area contributed by atoms with Crippen molar-refractivity contribution in [2.45, 2.75) is 51.4 Å². The van der Waals surface area contributed by atoms with Gasteiger partial charge in [-0.25, -0.2) is 4.79 Å². The molecule has 4 rings (SSSR count). The number of carbonyl (C=O) groups excluding carboxylic acids is 2. The van der Waals surface area contributed by atoms with Gasteiger partial charge in [0, 0.05) is 36.1 Å². The van der Waals surface area contributed by atoms with Gasteiger partial charge in [0.2, 0.25) is 0 Å². The number of allylic oxidation sites excluding steroid dienone is 3. The number of para-hydroxylation sites is 1. The lowest BCUT2D eigenvalue weighted by Crippen LogP contribution is -2.36. The summed E-state index contributed by atoms with van der Waals surface area (Å²) in [4.78, 5) is 27.5. The van der Waals surface area contributed by atoms with E-state index < -0.39 is 11.9 Å². The van der Waals surface area contributed by atoms with Crippen molar-refractivity contribution in [3.63, 3.8) is 0 Å². The van der Waals surface area contributed by atoms with E-state index in [2.05, 4.69) is 12.2 Å². The monoisotopic (exact) mass is 549 g/mol. The Kier molecular flexibility index (Phi) is 9.88. The Hall–Kier alpha value is -3.78. The van der Waals surface area contributed by atoms with Crippen LogP contribution < -0.4 is 19.5 Å². The number of dihydropyridines is 1. The van der Waals surface area contributed by atoms with E-state index in [0.29, 0.717) is 53.5 Å². The number of nitrogens with one attached hydrogen (secondary N) is 1. The van der Waals surface area contributed by atoms with Crippen LogP contribution in [0.4, 0.5) is 0 Å². The molecule has 8 heteroatoms. The summed E-state index contributed by atoms with van der Waals surface area (Å²) in [7, 11) is 4.75. The summed E-state index contributed by atoms with van der Waals surface area (Å²) >= 11 is 0. The number of ether oxygens (including phenoxy) is 5. The fourth-order valence-corrected chi connectivity index (χ4v) is 5.44. The Morgan fingerprint density at radius 1 is 0.950 bits per heavy atom. The molecular weight excluding hydrogens is 510 g/mol. The van der Waals surface area contributed by atoms with Gasteiger partial charge in [-0.3, -0.25) is 4.79 Å². The van der Waals surface area contributed by atoms with E-state index in [9.17, 15) is 9.59 Å². The molecule has 1 heterocycles. The van der Waals surface area contributed by atoms with E-state index in [-0.39, 0.29) is 24.9 Å². The van der Waals surface area contributed by atoms with Crippen LogP contribution in [-0.4, -0.2) is 52.9 Å². The molecule has 2 aromatic carbocycles. The van der Waals surface area contributed by atoms with Gasteiger partial charge in [-0.2, -0.15) is 0 Å². The van der Waals surface area contributed by atoms with Crippen molar-refractivity contribution >= 4 is 11.8 Å². The molecule has 0 aromatic heterocycles. The van der Waals surface area contributed by atoms with Gasteiger partial charge in [-0.1, -0.05) is 37.6 Å². The van der Waals surface area contributed by atoms with Crippen LogP contribution >= 0.6 is 0 Å². The predicted molar refractivity (Wildman–Crippen MR) is 152 cm³/mol. The number of ketones is 1. The first-order chi connectivity index (χ1) is 19.4. The molecule has 0 radical (unpaired) electrons. The van der Waals surface area contributed by atoms with E-state index >= 15 is 0 Å². The zero-order valence-electron chi connectivity index (χ0n) is 24.0. The molecule has 0 saturated carbocycles. The number of unbranched alkanes of at least 4 members (excludes halogenated alkanes) is 1. The molecule has 2 aromatic rings. The van der Waals surface area contributed by atoms with Crippen molar-refractivity contribution in [2.24, 2.45) is 0 Å². The molecule has 40 heavy (non-hydrogen) atoms. The molecule has 8 nitrogen and oxygen atoms in total. The van der Waals surface area contributed by atoms with Crippen molar-refractivity contribution in [3.05, 3.63) is 76.1 Å². The van der Waals surface area contributed by atoms with Crippen molar-refractivity contribution in [1.82, 2.24) is 5.32 Å². The summed E-state index contributed by atoms with van der Waals surface area (Å²) in [5.41, 5.74) is 4.26. The number of Topliss-reactive ketones (excluding diaryl/α,β-unsaturated/α-hetero) is 1. The third-order valence-corrected chi connectivity index (χ3v) is 7.43. The van der Waals surface area contributed by atoms with Gasteiger partial charge in [-0.15, -0.1) is 0 Å². The lowest BCUT2D eigenvalue weighted by molar-refractivity contribution is -0.140. The average molecular weight is 550 g/mol. The lowest BCUT2D eigenvalue weighted by atomic mass is 9.71. The highest BCUT2D eigenvalue weighted by Gasteiger charge is 2.42. The predicted octanol–water partition coefficient (Wildman–Crippen LogP) is 5.43. The maximum Gasteiger partial charge on any atom is 0.336 e. The van der Waals surface area contributed by atoms with Crippen LogP contribution in [0.2, 0.25) is 0 Å². The Morgan fingerprint density at radius 2 is 1.73 bits per heavy atom. The summed E-state index contributed by atoms with van der Waals surface area (Å²) < 4.78 is 27.7. The number of hydrogen-bond donors (Lipinski definition) is 1. The maximum atomic E-state index is 14.0. The molecule has 1 aliphatic carbocycles. The highest BCUT2D eigenvalue weighted by Crippen LogP contribution is 2.48. The number of rotatable bonds is 12. The first kappa shape index (κ1) is 29.2. The zero-order valence-corrected chi connectivity index (χ0v) is 24.0. The molecular formula is C32H39NO7. The summed E-state index contributed by atoms with van der Waals surface area (Å²) in [6.45, 7) is 4.92. The van der Waals surface area contributed by atoms with Crippen molar-refractivity contribution in [1.29, 1.82) is 0 Å². The summed E-state index contributed by atoms with van der Waals surface area (Å²) in [6, 6.07) is 13.4. The largest absolute Gasteiger partial charge is 0.493 e. The molecule has 214 valence electrons. The second-order valence-corrected chi connectivity index (χ2v) is 10.0. The zero-order chi connectivity index (χ0) is 28.6. The first-order valence-corrected chi connectivity index (χ1v) is 13.8. The van der Waals surface area contributed by atoms with Gasteiger partial charge in [0.15, 0.2) is 17.3 Å². The topological polar surface area (TPSA) is 92.3 Å². The highest BCUT2D eigenvalue weighted by molar-refractivity contribution is 6.04. The Bertz CT molecular complexity index is 1300. The Morgan fingerprint density at radius 3 is 2.45 bits per heavy atom. The van der Waals surface area contributed by atoms with E-state index in [1.54, 1.807) is 21.3 Å². The van der Waals surface area contributed by atoms with Gasteiger partial charge in [0.1, 0.15) is 12.4 Å². The second kappa shape index (κ2) is 13.5. The number of methoxy groups -OCH3 is 3. The number of benzene rings is 2. The molecule has 2 atom stereocenters. The maximum absolute atomic E-state index is 14.0. The summed E-state index contributed by atoms with van der Waals surface area (Å²) in [5, 5.41) is 3.40. The Balaban J connectivity index is 1.76. The first-order valence-electron chi connectivity index (χ1n) is 13.8. The van der Waals surface area contributed by atoms with Crippen LogP contribution in [0.3, 0.4) is 0 Å². The van der Waals surface area contributed by atoms with Gasteiger partial charge < -0.3 is 29.0 Å². The summed E-state index contributed by atoms with van der Waals surface area (Å²) in [5.74, 6) is 0.769. The fourth-order valence-electron chi connectivity index (χ4n) is 5.44. The number of hydrogen-bond acceptors (Lipinski definition) is 8. The van der Waals surface area contributed by atoms with Crippen LogP contribution in [0.1, 0.15) is 62.5 Å². The third kappa shape index (κ3) is 6.17. The quantitative estimate of drug-likeness (QED) is 0.277. The molecule has 1 aliphatic heterocycles. The van der Waals surface area contributed by atoms with E-state index in [1.807, 2.05) is 49.4 Å². The van der Waals surface area contributed by atoms with E-state index in [4.69, 9.17) is 23.7 Å². The minimum atomic E-state index is -0.608. The molecule has 0 fully saturated rings. The lowest BCUT2D eigenvalue weighted by Gasteiger charge is -2.37. The highest BCUT2D eigenvalue weighted by atomic mass is 16.6. The standard InChI is InChI=1S/C32H39NO7/c1-6-7-14-39-26-11-9-8-10-23(26)30-29(32(35)40-16-15-36-3)20(2)33-24-17-22(18-25(34)31(24)30)21-12-13-27(37-4)28(19-21)38-5/h8-13,19,22,30,33H,6-7,14-18H2,1-5H3/t22-,30-/m1/s1. The minimum Gasteiger partial charge on any atom is -0.493 e. The van der Waals surface area contributed by atoms with Crippen molar-refractivity contribution in [2.75, 3.05) is 41.2 Å². The van der Waals surface area contributed by atoms with Crippen LogP contribution in [0, 0.1) is 0 Å². The van der Waals surface area contributed by atoms with Gasteiger partial charge in [0.25, 0.3) is 0 Å². The van der Waals surface area contributed by atoms with E-state index in [1.165, 1.54) is 0 Å². The van der Waals surface area contributed by atoms with Gasteiger partial charge >= 0.3 is 5.97 Å².